The number of aliphatic carboxylic acids is 1. The lowest BCUT2D eigenvalue weighted by molar-refractivity contribution is -0.143. The minimum Gasteiger partial charge on any atom is -0.480 e. The molecule has 3 aliphatic rings. The molecule has 1 aromatic carbocycles. The lowest BCUT2D eigenvalue weighted by Gasteiger charge is -2.35. The number of carboxylic acids is 1. The number of piperidine rings is 1. The third-order valence-electron chi connectivity index (χ3n) is 8.88. The highest BCUT2D eigenvalue weighted by atomic mass is 19.3. The normalized spacial score (nSPS) is 24.5. The molecule has 2 saturated heterocycles. The fourth-order valence-electron chi connectivity index (χ4n) is 6.43. The molecule has 2 aromatic rings. The smallest absolute Gasteiger partial charge is 0.320 e. The number of likely N-dealkylation sites (tertiary alicyclic amines) is 2. The van der Waals surface area contributed by atoms with Crippen LogP contribution in [0, 0.1) is 23.6 Å². The molecular weight excluding hydrogens is 491 g/mol. The summed E-state index contributed by atoms with van der Waals surface area (Å²) < 4.78 is 43.3. The molecule has 1 aromatic heterocycles. The Morgan fingerprint density at radius 3 is 2.53 bits per heavy atom. The van der Waals surface area contributed by atoms with E-state index in [1.807, 2.05) is 6.07 Å². The van der Waals surface area contributed by atoms with E-state index in [0.717, 1.165) is 50.9 Å². The van der Waals surface area contributed by atoms with Crippen molar-refractivity contribution in [1.82, 2.24) is 14.8 Å². The molecule has 5 rings (SSSR count). The highest BCUT2D eigenvalue weighted by Gasteiger charge is 2.42. The molecule has 8 heteroatoms. The van der Waals surface area contributed by atoms with Crippen molar-refractivity contribution in [2.45, 2.75) is 62.8 Å². The van der Waals surface area contributed by atoms with Crippen LogP contribution in [0.2, 0.25) is 0 Å². The van der Waals surface area contributed by atoms with E-state index in [9.17, 15) is 23.1 Å². The first-order valence-corrected chi connectivity index (χ1v) is 14.0. The number of pyridine rings is 1. The number of carbonyl (C=O) groups is 1. The minimum atomic E-state index is -2.86. The Morgan fingerprint density at radius 1 is 1.08 bits per heavy atom. The number of hydrogen-bond donors (Lipinski definition) is 1. The summed E-state index contributed by atoms with van der Waals surface area (Å²) in [5.74, 6) is -2.85. The summed E-state index contributed by atoms with van der Waals surface area (Å²) in [6.07, 6.45) is 7.74. The van der Waals surface area contributed by atoms with Crippen LogP contribution in [0.25, 0.3) is 0 Å². The van der Waals surface area contributed by atoms with E-state index in [0.29, 0.717) is 31.8 Å². The fraction of sp³-hybridized carbons (Fsp3) is 0.600. The van der Waals surface area contributed by atoms with Crippen LogP contribution in [0.1, 0.15) is 62.0 Å². The Hall–Kier alpha value is -2.45. The maximum atomic E-state index is 14.6. The fourth-order valence-corrected chi connectivity index (χ4v) is 6.43. The molecule has 3 fully saturated rings. The SMILES string of the molecule is O=C(O)C(CC1CC1)N1CC(CN2CCC(CCC(F)(F)c3cccnc3)CC2)[C@@H](c2cccc(F)c2)C1. The van der Waals surface area contributed by atoms with Gasteiger partial charge in [0.05, 0.1) is 0 Å². The average molecular weight is 530 g/mol. The molecular formula is C30H38F3N3O2. The van der Waals surface area contributed by atoms with E-state index in [1.165, 1.54) is 24.5 Å². The maximum absolute atomic E-state index is 14.6. The first-order valence-electron chi connectivity index (χ1n) is 14.0. The molecule has 0 bridgehead atoms. The summed E-state index contributed by atoms with van der Waals surface area (Å²) >= 11 is 0. The maximum Gasteiger partial charge on any atom is 0.320 e. The van der Waals surface area contributed by atoms with Crippen LogP contribution >= 0.6 is 0 Å². The van der Waals surface area contributed by atoms with Crippen molar-refractivity contribution in [3.05, 3.63) is 65.7 Å². The number of rotatable bonds is 11. The summed E-state index contributed by atoms with van der Waals surface area (Å²) in [6, 6.07) is 9.22. The molecule has 1 saturated carbocycles. The second-order valence-corrected chi connectivity index (χ2v) is 11.6. The molecule has 0 spiro atoms. The van der Waals surface area contributed by atoms with E-state index in [1.54, 1.807) is 18.2 Å². The van der Waals surface area contributed by atoms with Crippen molar-refractivity contribution in [2.24, 2.45) is 17.8 Å². The largest absolute Gasteiger partial charge is 0.480 e. The zero-order valence-electron chi connectivity index (χ0n) is 21.8. The zero-order valence-corrected chi connectivity index (χ0v) is 21.8. The van der Waals surface area contributed by atoms with Crippen molar-refractivity contribution in [3.8, 4) is 0 Å². The highest BCUT2D eigenvalue weighted by Crippen LogP contribution is 2.40. The molecule has 1 aliphatic carbocycles. The van der Waals surface area contributed by atoms with E-state index >= 15 is 0 Å². The first-order chi connectivity index (χ1) is 18.3. The summed E-state index contributed by atoms with van der Waals surface area (Å²) in [7, 11) is 0. The average Bonchev–Trinajstić information content (AvgIpc) is 3.65. The van der Waals surface area contributed by atoms with Gasteiger partial charge < -0.3 is 10.0 Å². The van der Waals surface area contributed by atoms with Gasteiger partial charge in [-0.25, -0.2) is 13.2 Å². The van der Waals surface area contributed by atoms with Crippen LogP contribution in [0.5, 0.6) is 0 Å². The summed E-state index contributed by atoms with van der Waals surface area (Å²) in [5.41, 5.74) is 0.911. The molecule has 0 amide bonds. The zero-order chi connectivity index (χ0) is 26.7. The van der Waals surface area contributed by atoms with Crippen LogP contribution < -0.4 is 0 Å². The molecule has 2 aliphatic heterocycles. The summed E-state index contributed by atoms with van der Waals surface area (Å²) in [4.78, 5) is 20.5. The van der Waals surface area contributed by atoms with Gasteiger partial charge in [0, 0.05) is 49.9 Å². The van der Waals surface area contributed by atoms with Crippen LogP contribution in [0.4, 0.5) is 13.2 Å². The third-order valence-corrected chi connectivity index (χ3v) is 8.88. The predicted octanol–water partition coefficient (Wildman–Crippen LogP) is 5.77. The summed E-state index contributed by atoms with van der Waals surface area (Å²) in [6.45, 7) is 3.81. The van der Waals surface area contributed by atoms with Crippen molar-refractivity contribution < 1.29 is 23.1 Å². The van der Waals surface area contributed by atoms with E-state index in [4.69, 9.17) is 0 Å². The molecule has 2 unspecified atom stereocenters. The summed E-state index contributed by atoms with van der Waals surface area (Å²) in [5, 5.41) is 9.96. The Balaban J connectivity index is 1.18. The Labute approximate surface area is 223 Å². The molecule has 1 N–H and O–H groups in total. The van der Waals surface area contributed by atoms with E-state index < -0.39 is 17.9 Å². The molecule has 3 heterocycles. The number of aromatic nitrogens is 1. The van der Waals surface area contributed by atoms with E-state index in [-0.39, 0.29) is 35.6 Å². The standard InChI is InChI=1S/C30H38F3N3O2/c31-26-5-1-3-23(16-26)27-20-36(28(29(37)38)15-22-6-7-22)19-24(27)18-35-13-9-21(10-14-35)8-11-30(32,33)25-4-2-12-34-17-25/h1-5,12,16-17,21-22,24,27-28H,6-11,13-15,18-20H2,(H,37,38)/t24?,27-,28?/m1/s1. The second kappa shape index (κ2) is 11.7. The van der Waals surface area contributed by atoms with Crippen LogP contribution in [0.15, 0.2) is 48.8 Å². The van der Waals surface area contributed by atoms with Gasteiger partial charge in [0.1, 0.15) is 11.9 Å². The number of halogens is 3. The van der Waals surface area contributed by atoms with Gasteiger partial charge in [-0.05, 0) is 86.4 Å². The van der Waals surface area contributed by atoms with Crippen LogP contribution in [0.3, 0.4) is 0 Å². The topological polar surface area (TPSA) is 56.7 Å². The highest BCUT2D eigenvalue weighted by molar-refractivity contribution is 5.73. The molecule has 5 nitrogen and oxygen atoms in total. The molecule has 0 radical (unpaired) electrons. The van der Waals surface area contributed by atoms with Crippen LogP contribution in [-0.2, 0) is 10.7 Å². The van der Waals surface area contributed by atoms with E-state index in [2.05, 4.69) is 14.8 Å². The molecule has 3 atom stereocenters. The Morgan fingerprint density at radius 2 is 1.87 bits per heavy atom. The van der Waals surface area contributed by atoms with Crippen molar-refractivity contribution in [1.29, 1.82) is 0 Å². The van der Waals surface area contributed by atoms with Gasteiger partial charge >= 0.3 is 5.97 Å². The first kappa shape index (κ1) is 27.1. The molecule has 38 heavy (non-hydrogen) atoms. The van der Waals surface area contributed by atoms with Gasteiger partial charge in [0.15, 0.2) is 0 Å². The van der Waals surface area contributed by atoms with Crippen molar-refractivity contribution in [2.75, 3.05) is 32.7 Å². The Kier molecular flexibility index (Phi) is 8.38. The quantitative estimate of drug-likeness (QED) is 0.400. The lowest BCUT2D eigenvalue weighted by Crippen LogP contribution is -2.42. The van der Waals surface area contributed by atoms with Crippen LogP contribution in [-0.4, -0.2) is 64.6 Å². The number of alkyl halides is 2. The number of hydrogen-bond acceptors (Lipinski definition) is 4. The Bertz CT molecular complexity index is 1070. The van der Waals surface area contributed by atoms with Gasteiger partial charge in [-0.1, -0.05) is 25.0 Å². The molecule has 206 valence electrons. The van der Waals surface area contributed by atoms with Gasteiger partial charge in [-0.3, -0.25) is 14.7 Å². The van der Waals surface area contributed by atoms with Crippen molar-refractivity contribution in [3.63, 3.8) is 0 Å². The second-order valence-electron chi connectivity index (χ2n) is 11.6. The predicted molar refractivity (Wildman–Crippen MR) is 139 cm³/mol. The minimum absolute atomic E-state index is 0.0204. The monoisotopic (exact) mass is 529 g/mol. The lowest BCUT2D eigenvalue weighted by atomic mass is 9.86. The van der Waals surface area contributed by atoms with Gasteiger partial charge in [0.25, 0.3) is 5.92 Å². The van der Waals surface area contributed by atoms with Crippen molar-refractivity contribution >= 4 is 5.97 Å². The van der Waals surface area contributed by atoms with Gasteiger partial charge in [-0.15, -0.1) is 0 Å². The number of nitrogens with zero attached hydrogens (tertiary/aromatic N) is 3. The number of benzene rings is 1. The third kappa shape index (κ3) is 6.75. The van der Waals surface area contributed by atoms with Gasteiger partial charge in [-0.2, -0.15) is 0 Å². The van der Waals surface area contributed by atoms with Gasteiger partial charge in [0.2, 0.25) is 0 Å². The number of carboxylic acid groups (broad SMARTS) is 1.